The van der Waals surface area contributed by atoms with Gasteiger partial charge in [-0.05, 0) is 36.9 Å². The number of pyridine rings is 1. The molecule has 1 aromatic carbocycles. The summed E-state index contributed by atoms with van der Waals surface area (Å²) in [4.78, 5) is 4.71. The van der Waals surface area contributed by atoms with Crippen LogP contribution in [0.25, 0.3) is 21.5 Å². The Balaban J connectivity index is 2.20. The van der Waals surface area contributed by atoms with Crippen molar-refractivity contribution in [3.05, 3.63) is 52.9 Å². The number of nitrogens with zero attached hydrogens (tertiary/aromatic N) is 1. The Labute approximate surface area is 105 Å². The van der Waals surface area contributed by atoms with Gasteiger partial charge in [-0.2, -0.15) is 0 Å². The maximum Gasteiger partial charge on any atom is 0.0819 e. The normalized spacial score (nSPS) is 10.9. The van der Waals surface area contributed by atoms with E-state index in [-0.39, 0.29) is 0 Å². The molecule has 0 saturated carbocycles. The van der Waals surface area contributed by atoms with Crippen molar-refractivity contribution in [3.8, 4) is 11.3 Å². The molecule has 0 N–H and O–H groups in total. The van der Waals surface area contributed by atoms with E-state index in [4.69, 9.17) is 4.98 Å². The Kier molecular flexibility index (Phi) is 2.45. The lowest BCUT2D eigenvalue weighted by atomic mass is 10.1. The number of hydrogen-bond donors (Lipinski definition) is 0. The molecule has 0 atom stereocenters. The highest BCUT2D eigenvalue weighted by molar-refractivity contribution is 7.17. The van der Waals surface area contributed by atoms with Crippen LogP contribution in [-0.4, -0.2) is 4.98 Å². The molecule has 0 amide bonds. The van der Waals surface area contributed by atoms with Crippen LogP contribution in [0.1, 0.15) is 11.1 Å². The highest BCUT2D eigenvalue weighted by Crippen LogP contribution is 2.27. The quantitative estimate of drug-likeness (QED) is 0.605. The van der Waals surface area contributed by atoms with Crippen LogP contribution in [0.4, 0.5) is 0 Å². The molecule has 0 radical (unpaired) electrons. The Bertz CT molecular complexity index is 665. The molecule has 0 fully saturated rings. The molecule has 0 aliphatic rings. The van der Waals surface area contributed by atoms with E-state index in [0.29, 0.717) is 0 Å². The lowest BCUT2D eigenvalue weighted by Gasteiger charge is -2.04. The van der Waals surface area contributed by atoms with Crippen molar-refractivity contribution in [1.29, 1.82) is 0 Å². The summed E-state index contributed by atoms with van der Waals surface area (Å²) in [6.45, 7) is 4.25. The highest BCUT2D eigenvalue weighted by Gasteiger charge is 2.05. The van der Waals surface area contributed by atoms with E-state index in [0.717, 1.165) is 11.2 Å². The number of aromatic nitrogens is 1. The van der Waals surface area contributed by atoms with Crippen LogP contribution in [0, 0.1) is 13.8 Å². The first-order valence-corrected chi connectivity index (χ1v) is 6.54. The molecule has 0 unspecified atom stereocenters. The van der Waals surface area contributed by atoms with Gasteiger partial charge in [-0.25, -0.2) is 4.98 Å². The lowest BCUT2D eigenvalue weighted by Crippen LogP contribution is -1.86. The summed E-state index contributed by atoms with van der Waals surface area (Å²) < 4.78 is 1.29. The second-order valence-electron chi connectivity index (χ2n) is 4.33. The molecule has 0 bridgehead atoms. The van der Waals surface area contributed by atoms with Crippen molar-refractivity contribution in [2.75, 3.05) is 0 Å². The molecule has 3 rings (SSSR count). The minimum Gasteiger partial charge on any atom is -0.247 e. The average Bonchev–Trinajstić information content (AvgIpc) is 2.78. The second-order valence-corrected chi connectivity index (χ2v) is 5.24. The van der Waals surface area contributed by atoms with Crippen molar-refractivity contribution >= 4 is 21.6 Å². The number of aryl methyl sites for hydroxylation is 2. The first kappa shape index (κ1) is 10.5. The largest absolute Gasteiger partial charge is 0.247 e. The number of benzene rings is 1. The van der Waals surface area contributed by atoms with E-state index in [1.807, 2.05) is 0 Å². The van der Waals surface area contributed by atoms with Gasteiger partial charge in [0, 0.05) is 5.56 Å². The smallest absolute Gasteiger partial charge is 0.0819 e. The van der Waals surface area contributed by atoms with Gasteiger partial charge in [-0.15, -0.1) is 11.3 Å². The van der Waals surface area contributed by atoms with Gasteiger partial charge in [-0.1, -0.05) is 29.8 Å². The standard InChI is InChI=1S/C15H13NS/c1-10-3-5-12(6-4-10)14-9-11(2)15-13(16-14)7-8-17-15/h3-9H,1-2H3. The fraction of sp³-hybridized carbons (Fsp3) is 0.133. The third kappa shape index (κ3) is 1.85. The van der Waals surface area contributed by atoms with Crippen LogP contribution < -0.4 is 0 Å². The van der Waals surface area contributed by atoms with Crippen LogP contribution in [0.2, 0.25) is 0 Å². The molecule has 0 aliphatic carbocycles. The van der Waals surface area contributed by atoms with Crippen molar-refractivity contribution in [3.63, 3.8) is 0 Å². The highest BCUT2D eigenvalue weighted by atomic mass is 32.1. The van der Waals surface area contributed by atoms with E-state index in [2.05, 4.69) is 55.6 Å². The summed E-state index contributed by atoms with van der Waals surface area (Å²) in [7, 11) is 0. The Morgan fingerprint density at radius 2 is 1.76 bits per heavy atom. The van der Waals surface area contributed by atoms with E-state index in [1.165, 1.54) is 21.4 Å². The predicted octanol–water partition coefficient (Wildman–Crippen LogP) is 4.58. The fourth-order valence-corrected chi connectivity index (χ4v) is 2.80. The number of hydrogen-bond acceptors (Lipinski definition) is 2. The van der Waals surface area contributed by atoms with E-state index >= 15 is 0 Å². The molecule has 84 valence electrons. The van der Waals surface area contributed by atoms with Gasteiger partial charge < -0.3 is 0 Å². The molecule has 0 saturated heterocycles. The Hall–Kier alpha value is -1.67. The minimum absolute atomic E-state index is 1.06. The summed E-state index contributed by atoms with van der Waals surface area (Å²) in [5.74, 6) is 0. The van der Waals surface area contributed by atoms with Crippen molar-refractivity contribution in [2.24, 2.45) is 0 Å². The summed E-state index contributed by atoms with van der Waals surface area (Å²) in [6, 6.07) is 12.8. The lowest BCUT2D eigenvalue weighted by molar-refractivity contribution is 1.37. The van der Waals surface area contributed by atoms with Crippen molar-refractivity contribution < 1.29 is 0 Å². The first-order valence-electron chi connectivity index (χ1n) is 5.66. The molecular weight excluding hydrogens is 226 g/mol. The third-order valence-corrected chi connectivity index (χ3v) is 3.98. The topological polar surface area (TPSA) is 12.9 Å². The maximum absolute atomic E-state index is 4.71. The SMILES string of the molecule is Cc1ccc(-c2cc(C)c3sccc3n2)cc1. The number of thiophene rings is 1. The Morgan fingerprint density at radius 3 is 2.53 bits per heavy atom. The molecule has 2 heteroatoms. The first-order chi connectivity index (χ1) is 8.24. The van der Waals surface area contributed by atoms with Crippen LogP contribution >= 0.6 is 11.3 Å². The molecule has 2 aromatic heterocycles. The second kappa shape index (κ2) is 3.97. The molecule has 0 spiro atoms. The molecular formula is C15H13NS. The van der Waals surface area contributed by atoms with Crippen LogP contribution in [-0.2, 0) is 0 Å². The van der Waals surface area contributed by atoms with E-state index in [9.17, 15) is 0 Å². The fourth-order valence-electron chi connectivity index (χ4n) is 1.99. The van der Waals surface area contributed by atoms with E-state index < -0.39 is 0 Å². The Morgan fingerprint density at radius 1 is 1.00 bits per heavy atom. The van der Waals surface area contributed by atoms with Crippen molar-refractivity contribution in [1.82, 2.24) is 4.98 Å². The summed E-state index contributed by atoms with van der Waals surface area (Å²) in [6.07, 6.45) is 0. The molecule has 3 aromatic rings. The van der Waals surface area contributed by atoms with Crippen LogP contribution in [0.15, 0.2) is 41.8 Å². The van der Waals surface area contributed by atoms with Gasteiger partial charge in [0.15, 0.2) is 0 Å². The number of fused-ring (bicyclic) bond motifs is 1. The van der Waals surface area contributed by atoms with Gasteiger partial charge in [0.05, 0.1) is 15.9 Å². The van der Waals surface area contributed by atoms with E-state index in [1.54, 1.807) is 11.3 Å². The number of rotatable bonds is 1. The summed E-state index contributed by atoms with van der Waals surface area (Å²) in [5, 5.41) is 2.10. The van der Waals surface area contributed by atoms with Gasteiger partial charge in [0.25, 0.3) is 0 Å². The van der Waals surface area contributed by atoms with Crippen molar-refractivity contribution in [2.45, 2.75) is 13.8 Å². The monoisotopic (exact) mass is 239 g/mol. The molecule has 0 aliphatic heterocycles. The van der Waals surface area contributed by atoms with Crippen LogP contribution in [0.5, 0.6) is 0 Å². The molecule has 17 heavy (non-hydrogen) atoms. The zero-order valence-corrected chi connectivity index (χ0v) is 10.7. The average molecular weight is 239 g/mol. The zero-order valence-electron chi connectivity index (χ0n) is 9.90. The summed E-state index contributed by atoms with van der Waals surface area (Å²) >= 11 is 1.76. The van der Waals surface area contributed by atoms with Gasteiger partial charge >= 0.3 is 0 Å². The van der Waals surface area contributed by atoms with Crippen LogP contribution in [0.3, 0.4) is 0 Å². The molecule has 2 heterocycles. The minimum atomic E-state index is 1.06. The van der Waals surface area contributed by atoms with Gasteiger partial charge in [0.1, 0.15) is 0 Å². The summed E-state index contributed by atoms with van der Waals surface area (Å²) in [5.41, 5.74) is 5.94. The third-order valence-electron chi connectivity index (χ3n) is 2.94. The maximum atomic E-state index is 4.71. The predicted molar refractivity (Wildman–Crippen MR) is 74.5 cm³/mol. The molecule has 1 nitrogen and oxygen atoms in total. The zero-order chi connectivity index (χ0) is 11.8. The van der Waals surface area contributed by atoms with Gasteiger partial charge in [-0.3, -0.25) is 0 Å². The van der Waals surface area contributed by atoms with Gasteiger partial charge in [0.2, 0.25) is 0 Å².